The van der Waals surface area contributed by atoms with Crippen LogP contribution in [-0.2, 0) is 17.8 Å². The molecule has 0 aliphatic carbocycles. The zero-order valence-electron chi connectivity index (χ0n) is 16.1. The second-order valence-electron chi connectivity index (χ2n) is 6.39. The van der Waals surface area contributed by atoms with E-state index < -0.39 is 0 Å². The van der Waals surface area contributed by atoms with E-state index in [-0.39, 0.29) is 17.3 Å². The Labute approximate surface area is 180 Å². The number of carbonyl (C=O) groups is 1. The Hall–Kier alpha value is -3.11. The molecule has 0 unspecified atom stereocenters. The first kappa shape index (κ1) is 20.2. The predicted octanol–water partition coefficient (Wildman–Crippen LogP) is 3.16. The van der Waals surface area contributed by atoms with Crippen LogP contribution in [0.25, 0.3) is 10.2 Å². The zero-order valence-corrected chi connectivity index (χ0v) is 17.8. The number of nitrogens with one attached hydrogen (secondary N) is 2. The molecule has 0 fully saturated rings. The molecule has 2 heterocycles. The number of thioether (sulfide) groups is 1. The Bertz CT molecular complexity index is 1220. The van der Waals surface area contributed by atoms with E-state index in [2.05, 4.69) is 20.5 Å². The summed E-state index contributed by atoms with van der Waals surface area (Å²) < 4.78 is 7.69. The second kappa shape index (κ2) is 9.14. The molecule has 8 nitrogen and oxygen atoms in total. The maximum Gasteiger partial charge on any atom is 0.343 e. The molecule has 0 saturated carbocycles. The van der Waals surface area contributed by atoms with E-state index in [0.29, 0.717) is 23.3 Å². The number of amides is 1. The van der Waals surface area contributed by atoms with Crippen LogP contribution in [0.5, 0.6) is 5.75 Å². The monoisotopic (exact) mass is 441 g/mol. The number of fused-ring (bicyclic) bond motifs is 1. The van der Waals surface area contributed by atoms with E-state index in [1.54, 1.807) is 11.7 Å². The van der Waals surface area contributed by atoms with Crippen molar-refractivity contribution in [2.45, 2.75) is 18.1 Å². The molecule has 1 amide bonds. The molecule has 2 aromatic carbocycles. The van der Waals surface area contributed by atoms with Crippen molar-refractivity contribution in [3.63, 3.8) is 0 Å². The summed E-state index contributed by atoms with van der Waals surface area (Å²) in [5.74, 6) is 0.650. The van der Waals surface area contributed by atoms with Gasteiger partial charge in [-0.2, -0.15) is 0 Å². The summed E-state index contributed by atoms with van der Waals surface area (Å²) >= 11 is 2.59. The molecule has 4 rings (SSSR count). The standard InChI is InChI=1S/C20H19N5O3S2/c1-28-14-7-8-15-16(11-14)30-18(21-15)22-17(26)12-29-20-24-23-19(27)25(20)10-9-13-5-3-2-4-6-13/h2-8,11H,9-10,12H2,1H3,(H,23,27)(H,21,22,26). The predicted molar refractivity (Wildman–Crippen MR) is 119 cm³/mol. The molecule has 154 valence electrons. The number of hydrogen-bond acceptors (Lipinski definition) is 7. The number of aromatic nitrogens is 4. The van der Waals surface area contributed by atoms with Gasteiger partial charge in [0.2, 0.25) is 5.91 Å². The third-order valence-corrected chi connectivity index (χ3v) is 6.27. The van der Waals surface area contributed by atoms with Gasteiger partial charge in [0, 0.05) is 6.54 Å². The van der Waals surface area contributed by atoms with Gasteiger partial charge in [-0.25, -0.2) is 14.9 Å². The van der Waals surface area contributed by atoms with E-state index in [1.165, 1.54) is 23.1 Å². The van der Waals surface area contributed by atoms with E-state index >= 15 is 0 Å². The number of methoxy groups -OCH3 is 1. The summed E-state index contributed by atoms with van der Waals surface area (Å²) in [6.07, 6.45) is 0.704. The first-order valence-corrected chi connectivity index (χ1v) is 11.0. The summed E-state index contributed by atoms with van der Waals surface area (Å²) in [5.41, 5.74) is 1.64. The number of thiazole rings is 1. The van der Waals surface area contributed by atoms with Crippen molar-refractivity contribution in [2.24, 2.45) is 0 Å². The number of benzene rings is 2. The molecular weight excluding hydrogens is 422 g/mol. The smallest absolute Gasteiger partial charge is 0.343 e. The number of rotatable bonds is 8. The summed E-state index contributed by atoms with van der Waals surface area (Å²) in [5, 5.41) is 10.3. The molecule has 30 heavy (non-hydrogen) atoms. The third-order valence-electron chi connectivity index (χ3n) is 4.36. The van der Waals surface area contributed by atoms with Crippen LogP contribution in [-0.4, -0.2) is 38.5 Å². The van der Waals surface area contributed by atoms with Gasteiger partial charge < -0.3 is 10.1 Å². The van der Waals surface area contributed by atoms with Gasteiger partial charge in [-0.15, -0.1) is 5.10 Å². The van der Waals surface area contributed by atoms with Crippen molar-refractivity contribution in [2.75, 3.05) is 18.2 Å². The number of aromatic amines is 1. The highest BCUT2D eigenvalue weighted by atomic mass is 32.2. The Morgan fingerprint density at radius 1 is 1.27 bits per heavy atom. The maximum absolute atomic E-state index is 12.4. The van der Waals surface area contributed by atoms with Crippen molar-refractivity contribution in [1.82, 2.24) is 19.7 Å². The van der Waals surface area contributed by atoms with Crippen LogP contribution in [0.1, 0.15) is 5.56 Å². The fraction of sp³-hybridized carbons (Fsp3) is 0.200. The molecule has 0 aliphatic rings. The Kier molecular flexibility index (Phi) is 6.15. The molecular formula is C20H19N5O3S2. The Morgan fingerprint density at radius 2 is 2.10 bits per heavy atom. The molecule has 0 saturated heterocycles. The van der Waals surface area contributed by atoms with Crippen molar-refractivity contribution >= 4 is 44.4 Å². The van der Waals surface area contributed by atoms with Gasteiger partial charge in [0.05, 0.1) is 23.1 Å². The number of hydrogen-bond donors (Lipinski definition) is 2. The van der Waals surface area contributed by atoms with Crippen molar-refractivity contribution in [1.29, 1.82) is 0 Å². The number of aryl methyl sites for hydroxylation is 1. The van der Waals surface area contributed by atoms with Crippen LogP contribution in [0, 0.1) is 0 Å². The third kappa shape index (κ3) is 4.71. The van der Waals surface area contributed by atoms with Crippen LogP contribution in [0.4, 0.5) is 5.13 Å². The van der Waals surface area contributed by atoms with Gasteiger partial charge in [0.15, 0.2) is 10.3 Å². The zero-order chi connectivity index (χ0) is 20.9. The van der Waals surface area contributed by atoms with Gasteiger partial charge in [0.25, 0.3) is 0 Å². The molecule has 0 spiro atoms. The largest absolute Gasteiger partial charge is 0.497 e. The first-order valence-electron chi connectivity index (χ1n) is 9.19. The number of anilines is 1. The number of H-pyrrole nitrogens is 1. The quantitative estimate of drug-likeness (QED) is 0.407. The molecule has 0 radical (unpaired) electrons. The molecule has 2 aromatic heterocycles. The summed E-state index contributed by atoms with van der Waals surface area (Å²) in [7, 11) is 1.61. The number of carbonyl (C=O) groups excluding carboxylic acids is 1. The first-order chi connectivity index (χ1) is 14.6. The molecule has 0 aliphatic heterocycles. The Morgan fingerprint density at radius 3 is 2.90 bits per heavy atom. The fourth-order valence-electron chi connectivity index (χ4n) is 2.87. The van der Waals surface area contributed by atoms with Crippen LogP contribution >= 0.6 is 23.1 Å². The van der Waals surface area contributed by atoms with Gasteiger partial charge in [0.1, 0.15) is 5.75 Å². The van der Waals surface area contributed by atoms with Crippen LogP contribution in [0.3, 0.4) is 0 Å². The van der Waals surface area contributed by atoms with Gasteiger partial charge >= 0.3 is 5.69 Å². The van der Waals surface area contributed by atoms with E-state index in [1.807, 2.05) is 48.5 Å². The molecule has 0 bridgehead atoms. The highest BCUT2D eigenvalue weighted by Gasteiger charge is 2.13. The van der Waals surface area contributed by atoms with E-state index in [0.717, 1.165) is 21.5 Å². The molecule has 0 atom stereocenters. The highest BCUT2D eigenvalue weighted by molar-refractivity contribution is 7.99. The highest BCUT2D eigenvalue weighted by Crippen LogP contribution is 2.29. The average Bonchev–Trinajstić information content (AvgIpc) is 3.33. The summed E-state index contributed by atoms with van der Waals surface area (Å²) in [6, 6.07) is 15.5. The van der Waals surface area contributed by atoms with E-state index in [4.69, 9.17) is 4.74 Å². The topological polar surface area (TPSA) is 102 Å². The van der Waals surface area contributed by atoms with Crippen LogP contribution < -0.4 is 15.7 Å². The lowest BCUT2D eigenvalue weighted by molar-refractivity contribution is -0.113. The fourth-order valence-corrected chi connectivity index (χ4v) is 4.55. The van der Waals surface area contributed by atoms with Crippen LogP contribution in [0.15, 0.2) is 58.5 Å². The van der Waals surface area contributed by atoms with Gasteiger partial charge in [-0.05, 0) is 30.2 Å². The molecule has 4 aromatic rings. The van der Waals surface area contributed by atoms with Crippen molar-refractivity contribution < 1.29 is 9.53 Å². The van der Waals surface area contributed by atoms with Crippen molar-refractivity contribution in [3.05, 3.63) is 64.6 Å². The lowest BCUT2D eigenvalue weighted by atomic mass is 10.1. The maximum atomic E-state index is 12.4. The SMILES string of the molecule is COc1ccc2nc(NC(=O)CSc3n[nH]c(=O)n3CCc3ccccc3)sc2c1. The molecule has 10 heteroatoms. The molecule has 2 N–H and O–H groups in total. The minimum absolute atomic E-state index is 0.120. The lowest BCUT2D eigenvalue weighted by Gasteiger charge is -2.05. The van der Waals surface area contributed by atoms with Crippen LogP contribution in [0.2, 0.25) is 0 Å². The summed E-state index contributed by atoms with van der Waals surface area (Å²) in [4.78, 5) is 28.8. The van der Waals surface area contributed by atoms with Crippen molar-refractivity contribution in [3.8, 4) is 5.75 Å². The minimum Gasteiger partial charge on any atom is -0.497 e. The average molecular weight is 442 g/mol. The van der Waals surface area contributed by atoms with Gasteiger partial charge in [-0.1, -0.05) is 53.4 Å². The lowest BCUT2D eigenvalue weighted by Crippen LogP contribution is -2.20. The minimum atomic E-state index is -0.283. The number of nitrogens with zero attached hydrogens (tertiary/aromatic N) is 3. The summed E-state index contributed by atoms with van der Waals surface area (Å²) in [6.45, 7) is 0.489. The number of ether oxygens (including phenoxy) is 1. The van der Waals surface area contributed by atoms with E-state index in [9.17, 15) is 9.59 Å². The Balaban J connectivity index is 1.36. The van der Waals surface area contributed by atoms with Gasteiger partial charge in [-0.3, -0.25) is 9.36 Å². The normalized spacial score (nSPS) is 11.0. The second-order valence-corrected chi connectivity index (χ2v) is 8.36.